The van der Waals surface area contributed by atoms with Gasteiger partial charge in [-0.2, -0.15) is 0 Å². The lowest BCUT2D eigenvalue weighted by Gasteiger charge is -2.18. The number of hydrogen-bond donors (Lipinski definition) is 1. The summed E-state index contributed by atoms with van der Waals surface area (Å²) in [5, 5.41) is 8.50. The van der Waals surface area contributed by atoms with Gasteiger partial charge in [0.15, 0.2) is 0 Å². The van der Waals surface area contributed by atoms with E-state index < -0.39 is 0 Å². The Bertz CT molecular complexity index is 119. The van der Waals surface area contributed by atoms with Crippen molar-refractivity contribution in [1.29, 1.82) is 0 Å². The topological polar surface area (TPSA) is 20.2 Å². The molecule has 0 aliphatic carbocycles. The van der Waals surface area contributed by atoms with Crippen LogP contribution in [0.25, 0.3) is 0 Å². The Balaban J connectivity index is 2.09. The number of hydrogen-bond acceptors (Lipinski definition) is 3. The third-order valence-electron chi connectivity index (χ3n) is 1.50. The van der Waals surface area contributed by atoms with Crippen LogP contribution in [-0.4, -0.2) is 27.8 Å². The quantitative estimate of drug-likeness (QED) is 0.688. The summed E-state index contributed by atoms with van der Waals surface area (Å²) in [5.41, 5.74) is 0. The summed E-state index contributed by atoms with van der Waals surface area (Å²) in [5.74, 6) is 2.62. The Kier molecular flexibility index (Phi) is 5.15. The fourth-order valence-electron chi connectivity index (χ4n) is 0.955. The Morgan fingerprint density at radius 3 is 2.64 bits per heavy atom. The molecule has 1 N–H and O–H groups in total. The molecule has 3 heteroatoms. The van der Waals surface area contributed by atoms with Crippen LogP contribution in [0.2, 0.25) is 0 Å². The summed E-state index contributed by atoms with van der Waals surface area (Å²) in [4.78, 5) is 0. The van der Waals surface area contributed by atoms with Gasteiger partial charge in [-0.1, -0.05) is 12.2 Å². The molecule has 1 fully saturated rings. The van der Waals surface area contributed by atoms with Crippen molar-refractivity contribution in [2.75, 3.05) is 18.1 Å². The van der Waals surface area contributed by atoms with Gasteiger partial charge in [-0.3, -0.25) is 0 Å². The minimum atomic E-state index is 0.183. The fourth-order valence-corrected chi connectivity index (χ4v) is 3.74. The van der Waals surface area contributed by atoms with Crippen LogP contribution in [0.1, 0.15) is 12.8 Å². The summed E-state index contributed by atoms with van der Waals surface area (Å²) in [6, 6.07) is 0. The number of aliphatic hydroxyl groups excluding tert-OH is 1. The zero-order valence-corrected chi connectivity index (χ0v) is 8.16. The van der Waals surface area contributed by atoms with Crippen molar-refractivity contribution < 1.29 is 5.11 Å². The number of thioether (sulfide) groups is 2. The Labute approximate surface area is 76.6 Å². The molecular formula is C8H14OS2. The lowest BCUT2D eigenvalue weighted by Crippen LogP contribution is -2.05. The molecule has 1 rings (SSSR count). The number of aliphatic hydroxyl groups is 1. The molecule has 0 aromatic rings. The van der Waals surface area contributed by atoms with Crippen LogP contribution < -0.4 is 0 Å². The van der Waals surface area contributed by atoms with E-state index >= 15 is 0 Å². The molecule has 1 heterocycles. The van der Waals surface area contributed by atoms with Gasteiger partial charge in [0.2, 0.25) is 0 Å². The van der Waals surface area contributed by atoms with Crippen LogP contribution in [-0.2, 0) is 0 Å². The van der Waals surface area contributed by atoms with Gasteiger partial charge in [-0.15, -0.1) is 23.5 Å². The van der Waals surface area contributed by atoms with Gasteiger partial charge < -0.3 is 5.11 Å². The highest BCUT2D eigenvalue weighted by Crippen LogP contribution is 2.32. The van der Waals surface area contributed by atoms with Gasteiger partial charge in [0.05, 0.1) is 11.2 Å². The second-order valence-corrected chi connectivity index (χ2v) is 5.33. The maximum atomic E-state index is 8.50. The van der Waals surface area contributed by atoms with E-state index in [0.29, 0.717) is 0 Å². The molecule has 0 spiro atoms. The molecule has 0 aromatic heterocycles. The minimum absolute atomic E-state index is 0.183. The molecule has 0 unspecified atom stereocenters. The lowest BCUT2D eigenvalue weighted by molar-refractivity contribution is 0.342. The second-order valence-electron chi connectivity index (χ2n) is 2.41. The number of rotatable bonds is 3. The van der Waals surface area contributed by atoms with E-state index in [4.69, 9.17) is 5.11 Å². The van der Waals surface area contributed by atoms with Crippen molar-refractivity contribution in [2.45, 2.75) is 17.4 Å². The maximum absolute atomic E-state index is 8.50. The van der Waals surface area contributed by atoms with E-state index in [2.05, 4.69) is 6.08 Å². The molecular weight excluding hydrogens is 176 g/mol. The SMILES string of the molecule is OC/C=C/CC1SCCCS1. The standard InChI is InChI=1S/C8H14OS2/c9-5-2-1-4-8-10-6-3-7-11-8/h1-2,8-9H,3-7H2/b2-1+. The van der Waals surface area contributed by atoms with E-state index in [9.17, 15) is 0 Å². The first-order chi connectivity index (χ1) is 5.43. The molecule has 0 aromatic carbocycles. The summed E-state index contributed by atoms with van der Waals surface area (Å²) in [7, 11) is 0. The first-order valence-electron chi connectivity index (χ1n) is 3.92. The van der Waals surface area contributed by atoms with Crippen LogP contribution in [0.15, 0.2) is 12.2 Å². The lowest BCUT2D eigenvalue weighted by atomic mass is 10.4. The molecule has 1 saturated heterocycles. The zero-order chi connectivity index (χ0) is 7.94. The third-order valence-corrected chi connectivity index (χ3v) is 4.49. The average molecular weight is 190 g/mol. The first-order valence-corrected chi connectivity index (χ1v) is 6.02. The Hall–Kier alpha value is 0.400. The van der Waals surface area contributed by atoms with Crippen molar-refractivity contribution in [3.8, 4) is 0 Å². The Morgan fingerprint density at radius 1 is 1.27 bits per heavy atom. The normalized spacial score (nSPS) is 21.2. The van der Waals surface area contributed by atoms with Crippen molar-refractivity contribution in [3.63, 3.8) is 0 Å². The largest absolute Gasteiger partial charge is 0.392 e. The molecule has 0 saturated carbocycles. The van der Waals surface area contributed by atoms with Crippen molar-refractivity contribution in [2.24, 2.45) is 0 Å². The first kappa shape index (κ1) is 9.49. The zero-order valence-electron chi connectivity index (χ0n) is 6.53. The highest BCUT2D eigenvalue weighted by Gasteiger charge is 2.11. The molecule has 0 bridgehead atoms. The van der Waals surface area contributed by atoms with Gasteiger partial charge in [0.1, 0.15) is 0 Å². The van der Waals surface area contributed by atoms with Gasteiger partial charge >= 0.3 is 0 Å². The van der Waals surface area contributed by atoms with Crippen LogP contribution in [0.3, 0.4) is 0 Å². The molecule has 1 aliphatic rings. The summed E-state index contributed by atoms with van der Waals surface area (Å²) >= 11 is 4.09. The van der Waals surface area contributed by atoms with Crippen molar-refractivity contribution in [3.05, 3.63) is 12.2 Å². The molecule has 64 valence electrons. The third kappa shape index (κ3) is 4.09. The van der Waals surface area contributed by atoms with Crippen molar-refractivity contribution in [1.82, 2.24) is 0 Å². The van der Waals surface area contributed by atoms with E-state index in [-0.39, 0.29) is 6.61 Å². The van der Waals surface area contributed by atoms with Gasteiger partial charge in [-0.25, -0.2) is 0 Å². The van der Waals surface area contributed by atoms with Crippen LogP contribution in [0.5, 0.6) is 0 Å². The molecule has 1 aliphatic heterocycles. The molecule has 1 nitrogen and oxygen atoms in total. The van der Waals surface area contributed by atoms with Crippen LogP contribution in [0, 0.1) is 0 Å². The summed E-state index contributed by atoms with van der Waals surface area (Å²) in [6.07, 6.45) is 6.37. The van der Waals surface area contributed by atoms with E-state index in [1.807, 2.05) is 29.6 Å². The summed E-state index contributed by atoms with van der Waals surface area (Å²) in [6.45, 7) is 0.183. The van der Waals surface area contributed by atoms with E-state index in [1.165, 1.54) is 17.9 Å². The minimum Gasteiger partial charge on any atom is -0.392 e. The maximum Gasteiger partial charge on any atom is 0.0612 e. The monoisotopic (exact) mass is 190 g/mol. The van der Waals surface area contributed by atoms with Gasteiger partial charge in [0.25, 0.3) is 0 Å². The van der Waals surface area contributed by atoms with Crippen molar-refractivity contribution >= 4 is 23.5 Å². The van der Waals surface area contributed by atoms with E-state index in [1.54, 1.807) is 0 Å². The molecule has 11 heavy (non-hydrogen) atoms. The highest BCUT2D eigenvalue weighted by molar-refractivity contribution is 8.17. The second kappa shape index (κ2) is 5.98. The van der Waals surface area contributed by atoms with Crippen LogP contribution in [0.4, 0.5) is 0 Å². The fraction of sp³-hybridized carbons (Fsp3) is 0.750. The van der Waals surface area contributed by atoms with Gasteiger partial charge in [-0.05, 0) is 24.3 Å². The predicted molar refractivity (Wildman–Crippen MR) is 54.2 cm³/mol. The highest BCUT2D eigenvalue weighted by atomic mass is 32.2. The average Bonchev–Trinajstić information content (AvgIpc) is 2.07. The molecule has 0 atom stereocenters. The summed E-state index contributed by atoms with van der Waals surface area (Å²) < 4.78 is 0.742. The smallest absolute Gasteiger partial charge is 0.0612 e. The van der Waals surface area contributed by atoms with Crippen LogP contribution >= 0.6 is 23.5 Å². The predicted octanol–water partition coefficient (Wildman–Crippen LogP) is 2.12. The van der Waals surface area contributed by atoms with Gasteiger partial charge in [0, 0.05) is 0 Å². The Morgan fingerprint density at radius 2 is 2.00 bits per heavy atom. The molecule has 0 radical (unpaired) electrons. The van der Waals surface area contributed by atoms with E-state index in [0.717, 1.165) is 11.0 Å². The number of allylic oxidation sites excluding steroid dienone is 1. The molecule has 0 amide bonds.